The highest BCUT2D eigenvalue weighted by molar-refractivity contribution is 5.88. The highest BCUT2D eigenvalue weighted by Gasteiger charge is 2.35. The first-order valence-electron chi connectivity index (χ1n) is 36.8. The molecule has 0 aliphatic heterocycles. The van der Waals surface area contributed by atoms with E-state index in [2.05, 4.69) is 418 Å². The van der Waals surface area contributed by atoms with Gasteiger partial charge in [-0.05, 0) is 133 Å². The molecule has 0 fully saturated rings. The summed E-state index contributed by atoms with van der Waals surface area (Å²) in [7, 11) is 8.00. The maximum absolute atomic E-state index is 7.00. The van der Waals surface area contributed by atoms with Crippen molar-refractivity contribution in [1.82, 2.24) is 0 Å². The maximum atomic E-state index is 7.00. The molecule has 572 valence electrons. The molecule has 8 N–H and O–H groups in total. The minimum absolute atomic E-state index is 0.160. The predicted octanol–water partition coefficient (Wildman–Crippen LogP) is 23.0. The molecule has 0 unspecified atom stereocenters. The topological polar surface area (TPSA) is 162 Å². The van der Waals surface area contributed by atoms with Crippen LogP contribution in [0.3, 0.4) is 0 Å². The molecule has 0 aromatic heterocycles. The van der Waals surface area contributed by atoms with Gasteiger partial charge in [-0.25, -0.2) is 0 Å². The van der Waals surface area contributed by atoms with E-state index in [0.717, 1.165) is 69.7 Å². The Labute approximate surface area is 655 Å². The number of aryl methyl sites for hydroxylation is 2. The predicted molar refractivity (Wildman–Crippen MR) is 476 cm³/mol. The molecule has 16 aromatic rings. The largest absolute Gasteiger partial charge is 0.400 e. The molecule has 0 amide bonds. The summed E-state index contributed by atoms with van der Waals surface area (Å²) in [5.74, 6) is 0. The van der Waals surface area contributed by atoms with Gasteiger partial charge in [0.2, 0.25) is 0 Å². The zero-order valence-electron chi connectivity index (χ0n) is 66.8. The van der Waals surface area contributed by atoms with Gasteiger partial charge in [-0.3, -0.25) is 0 Å². The smallest absolute Gasteiger partial charge is 0.0319 e. The molecule has 0 radical (unpaired) electrons. The van der Waals surface area contributed by atoms with Crippen LogP contribution in [0.1, 0.15) is 74.9 Å². The standard InChI is InChI=1S/2C15H14.2C12H12.4C10H8.8CH4O/c2*1-15(2)13-9-5-3-7-11(13)12-8-4-6-10-14(12)15;1-2-10-7-5-8-11-6-3-4-9-12(10)11;1-2-10-7-8-11-5-3-4-6-12(11)9-10;4*1-2-6-10-8-4-3-7-9(10)5-1;8*1-2/h2*3-10H,1-2H3;2*3-9H,2H2,1H3;4*1-8H;8*2H,1H3. The van der Waals surface area contributed by atoms with E-state index in [-0.39, 0.29) is 10.8 Å². The Morgan fingerprint density at radius 1 is 0.182 bits per heavy atom. The summed E-state index contributed by atoms with van der Waals surface area (Å²) in [6.45, 7) is 13.6. The van der Waals surface area contributed by atoms with Crippen molar-refractivity contribution in [3.63, 3.8) is 0 Å². The van der Waals surface area contributed by atoms with E-state index in [0.29, 0.717) is 0 Å². The Morgan fingerprint density at radius 2 is 0.373 bits per heavy atom. The molecule has 0 heterocycles. The van der Waals surface area contributed by atoms with E-state index in [4.69, 9.17) is 40.9 Å². The van der Waals surface area contributed by atoms with Crippen molar-refractivity contribution in [2.24, 2.45) is 0 Å². The highest BCUT2D eigenvalue weighted by atomic mass is 16.2. The van der Waals surface area contributed by atoms with Crippen LogP contribution in [0.4, 0.5) is 0 Å². The van der Waals surface area contributed by atoms with Crippen LogP contribution in [0.15, 0.2) is 376 Å². The van der Waals surface area contributed by atoms with E-state index < -0.39 is 0 Å². The molecule has 8 heteroatoms. The lowest BCUT2D eigenvalue weighted by Crippen LogP contribution is -2.14. The fraction of sp³-hybridized carbons (Fsp3) is 0.176. The molecule has 2 aliphatic carbocycles. The number of rotatable bonds is 2. The van der Waals surface area contributed by atoms with Gasteiger partial charge in [-0.1, -0.05) is 418 Å². The molecule has 0 saturated heterocycles. The van der Waals surface area contributed by atoms with Gasteiger partial charge >= 0.3 is 0 Å². The normalized spacial score (nSPS) is 10.7. The zero-order valence-corrected chi connectivity index (χ0v) is 66.8. The molecule has 110 heavy (non-hydrogen) atoms. The van der Waals surface area contributed by atoms with Crippen LogP contribution in [0.25, 0.3) is 86.9 Å². The van der Waals surface area contributed by atoms with Crippen molar-refractivity contribution < 1.29 is 40.9 Å². The Hall–Kier alpha value is -11.2. The third-order valence-corrected chi connectivity index (χ3v) is 18.1. The van der Waals surface area contributed by atoms with E-state index in [1.165, 1.54) is 120 Å². The fourth-order valence-corrected chi connectivity index (χ4v) is 12.9. The van der Waals surface area contributed by atoms with Crippen LogP contribution in [-0.2, 0) is 23.7 Å². The molecule has 0 spiro atoms. The molecule has 18 rings (SSSR count). The second-order valence-corrected chi connectivity index (χ2v) is 24.8. The van der Waals surface area contributed by atoms with Crippen molar-refractivity contribution in [2.45, 2.75) is 65.2 Å². The third kappa shape index (κ3) is 26.9. The Balaban J connectivity index is 0.000000318. The molecule has 0 saturated carbocycles. The van der Waals surface area contributed by atoms with Gasteiger partial charge in [-0.15, -0.1) is 0 Å². The van der Waals surface area contributed by atoms with Crippen molar-refractivity contribution in [2.75, 3.05) is 56.9 Å². The number of hydrogen-bond acceptors (Lipinski definition) is 8. The quantitative estimate of drug-likeness (QED) is 0.0849. The number of aliphatic hydroxyl groups is 8. The Kier molecular flexibility index (Phi) is 45.2. The number of fused-ring (bicyclic) bond motifs is 12. The molecule has 0 atom stereocenters. The third-order valence-electron chi connectivity index (χ3n) is 18.1. The van der Waals surface area contributed by atoms with Crippen molar-refractivity contribution in [1.29, 1.82) is 0 Å². The fourth-order valence-electron chi connectivity index (χ4n) is 12.9. The molecule has 8 nitrogen and oxygen atoms in total. The van der Waals surface area contributed by atoms with Gasteiger partial charge in [0, 0.05) is 67.7 Å². The van der Waals surface area contributed by atoms with Crippen LogP contribution >= 0.6 is 0 Å². The molecule has 2 aliphatic rings. The summed E-state index contributed by atoms with van der Waals surface area (Å²) < 4.78 is 0. The van der Waals surface area contributed by atoms with Gasteiger partial charge < -0.3 is 40.9 Å². The van der Waals surface area contributed by atoms with Crippen LogP contribution in [0.2, 0.25) is 0 Å². The number of benzene rings is 16. The van der Waals surface area contributed by atoms with Crippen LogP contribution in [0.5, 0.6) is 0 Å². The Morgan fingerprint density at radius 3 is 0.609 bits per heavy atom. The van der Waals surface area contributed by atoms with Gasteiger partial charge in [-0.2, -0.15) is 0 Å². The summed E-state index contributed by atoms with van der Waals surface area (Å²) in [6.07, 6.45) is 2.23. The van der Waals surface area contributed by atoms with E-state index in [9.17, 15) is 0 Å². The van der Waals surface area contributed by atoms with Crippen molar-refractivity contribution in [3.05, 3.63) is 409 Å². The van der Waals surface area contributed by atoms with Crippen LogP contribution < -0.4 is 0 Å². The zero-order chi connectivity index (χ0) is 81.0. The maximum Gasteiger partial charge on any atom is 0.0319 e. The first-order valence-corrected chi connectivity index (χ1v) is 36.8. The summed E-state index contributed by atoms with van der Waals surface area (Å²) in [5.41, 5.74) is 14.6. The van der Waals surface area contributed by atoms with Gasteiger partial charge in [0.25, 0.3) is 0 Å². The average Bonchev–Trinajstić information content (AvgIpc) is 1.60. The summed E-state index contributed by atoms with van der Waals surface area (Å²) >= 11 is 0. The Bertz CT molecular complexity index is 4370. The van der Waals surface area contributed by atoms with Crippen LogP contribution in [0, 0.1) is 0 Å². The summed E-state index contributed by atoms with van der Waals surface area (Å²) in [4.78, 5) is 0. The van der Waals surface area contributed by atoms with Gasteiger partial charge in [0.05, 0.1) is 0 Å². The number of aliphatic hydroxyl groups excluding tert-OH is 8. The second kappa shape index (κ2) is 53.5. The SMILES string of the molecule is CC1(C)c2ccccc2-c2ccccc21.CC1(C)c2ccccc2-c2ccccc21.CCc1ccc2ccccc2c1.CCc1cccc2ccccc12.CO.CO.CO.CO.CO.CO.CO.CO.c1ccc2ccccc2c1.c1ccc2ccccc2c1.c1ccc2ccccc2c1.c1ccc2ccccc2c1. The summed E-state index contributed by atoms with van der Waals surface area (Å²) in [6, 6.07) is 132. The lowest BCUT2D eigenvalue weighted by molar-refractivity contribution is 0.399. The molecular weight excluding hydrogens is 1350 g/mol. The summed E-state index contributed by atoms with van der Waals surface area (Å²) in [5, 5.41) is 71.9. The highest BCUT2D eigenvalue weighted by Crippen LogP contribution is 2.49. The van der Waals surface area contributed by atoms with Crippen LogP contribution in [-0.4, -0.2) is 97.7 Å². The second-order valence-electron chi connectivity index (χ2n) is 24.8. The molecule has 16 aromatic carbocycles. The van der Waals surface area contributed by atoms with Crippen molar-refractivity contribution in [3.8, 4) is 22.3 Å². The van der Waals surface area contributed by atoms with E-state index >= 15 is 0 Å². The van der Waals surface area contributed by atoms with Gasteiger partial charge in [0.15, 0.2) is 0 Å². The lowest BCUT2D eigenvalue weighted by Gasteiger charge is -2.20. The minimum atomic E-state index is 0.160. The first kappa shape index (κ1) is 93.0. The monoisotopic (exact) mass is 1470 g/mol. The van der Waals surface area contributed by atoms with E-state index in [1.54, 1.807) is 0 Å². The molecule has 0 bridgehead atoms. The minimum Gasteiger partial charge on any atom is -0.400 e. The first-order chi connectivity index (χ1) is 54.1. The number of hydrogen-bond donors (Lipinski definition) is 8. The lowest BCUT2D eigenvalue weighted by atomic mass is 9.82. The van der Waals surface area contributed by atoms with Crippen molar-refractivity contribution >= 4 is 64.6 Å². The average molecular weight is 1470 g/mol. The van der Waals surface area contributed by atoms with Gasteiger partial charge in [0.1, 0.15) is 0 Å². The molecular formula is C102H116O8. The van der Waals surface area contributed by atoms with E-state index in [1.807, 2.05) is 0 Å².